The van der Waals surface area contributed by atoms with Gasteiger partial charge in [0.05, 0.1) is 6.61 Å². The minimum absolute atomic E-state index is 0.0122. The van der Waals surface area contributed by atoms with Gasteiger partial charge in [0.2, 0.25) is 0 Å². The number of esters is 1. The van der Waals surface area contributed by atoms with E-state index in [0.29, 0.717) is 0 Å². The van der Waals surface area contributed by atoms with Crippen LogP contribution in [0.1, 0.15) is 34.6 Å². The quantitative estimate of drug-likeness (QED) is 0.441. The highest BCUT2D eigenvalue weighted by Gasteiger charge is 2.34. The Morgan fingerprint density at radius 1 is 1.35 bits per heavy atom. The number of hydrogen-bond acceptors (Lipinski definition) is 3. The lowest BCUT2D eigenvalue weighted by atomic mass is 9.81. The van der Waals surface area contributed by atoms with Gasteiger partial charge in [-0.15, -0.1) is 0 Å². The molecule has 98 valence electrons. The maximum atomic E-state index is 11.6. The third kappa shape index (κ3) is 5.68. The smallest absolute Gasteiger partial charge is 0.331 e. The fourth-order valence-electron chi connectivity index (χ4n) is 1.70. The van der Waals surface area contributed by atoms with Crippen LogP contribution in [0, 0.1) is 11.3 Å². The summed E-state index contributed by atoms with van der Waals surface area (Å²) in [6, 6.07) is 0. The fourth-order valence-corrected chi connectivity index (χ4v) is 1.70. The van der Waals surface area contributed by atoms with Crippen LogP contribution in [0.5, 0.6) is 0 Å². The molecule has 0 rings (SSSR count). The molecule has 0 saturated carbocycles. The van der Waals surface area contributed by atoms with Crippen molar-refractivity contribution in [2.75, 3.05) is 6.61 Å². The largest absolute Gasteiger partial charge is 0.458 e. The third-order valence-electron chi connectivity index (χ3n) is 2.56. The maximum absolute atomic E-state index is 11.6. The Bertz CT molecular complexity index is 288. The van der Waals surface area contributed by atoms with E-state index >= 15 is 0 Å². The molecule has 0 aliphatic carbocycles. The molecule has 0 aliphatic rings. The molecule has 0 bridgehead atoms. The SMILES string of the molecule is C/C=C/C=C/C(=O)OC(C(C)C)C(C)(C)CO. The van der Waals surface area contributed by atoms with Crippen LogP contribution in [-0.4, -0.2) is 23.8 Å². The standard InChI is InChI=1S/C14H24O3/c1-6-7-8-9-12(16)17-13(11(2)3)14(4,5)10-15/h6-9,11,13,15H,10H2,1-5H3/b7-6+,9-8+. The van der Waals surface area contributed by atoms with E-state index in [-0.39, 0.29) is 24.6 Å². The first kappa shape index (κ1) is 15.9. The van der Waals surface area contributed by atoms with Gasteiger partial charge in [0.25, 0.3) is 0 Å². The number of allylic oxidation sites excluding steroid dienone is 3. The van der Waals surface area contributed by atoms with Crippen LogP contribution in [0.3, 0.4) is 0 Å². The van der Waals surface area contributed by atoms with Crippen LogP contribution in [0.15, 0.2) is 24.3 Å². The zero-order chi connectivity index (χ0) is 13.5. The maximum Gasteiger partial charge on any atom is 0.331 e. The molecule has 0 heterocycles. The predicted octanol–water partition coefficient (Wildman–Crippen LogP) is 2.71. The van der Waals surface area contributed by atoms with Gasteiger partial charge >= 0.3 is 5.97 Å². The lowest BCUT2D eigenvalue weighted by molar-refractivity contribution is -0.154. The number of carbonyl (C=O) groups is 1. The second-order valence-corrected chi connectivity index (χ2v) is 5.13. The lowest BCUT2D eigenvalue weighted by Crippen LogP contribution is -2.40. The number of carbonyl (C=O) groups excluding carboxylic acids is 1. The monoisotopic (exact) mass is 240 g/mol. The Hall–Kier alpha value is -1.09. The molecule has 1 atom stereocenters. The van der Waals surface area contributed by atoms with Crippen LogP contribution < -0.4 is 0 Å². The van der Waals surface area contributed by atoms with E-state index in [2.05, 4.69) is 0 Å². The van der Waals surface area contributed by atoms with Crippen molar-refractivity contribution in [2.45, 2.75) is 40.7 Å². The molecule has 0 aromatic rings. The molecule has 1 N–H and O–H groups in total. The molecular weight excluding hydrogens is 216 g/mol. The predicted molar refractivity (Wildman–Crippen MR) is 69.5 cm³/mol. The molecule has 0 aromatic carbocycles. The van der Waals surface area contributed by atoms with Gasteiger partial charge in [0.1, 0.15) is 6.10 Å². The van der Waals surface area contributed by atoms with E-state index in [1.165, 1.54) is 6.08 Å². The van der Waals surface area contributed by atoms with Crippen molar-refractivity contribution in [1.82, 2.24) is 0 Å². The molecular formula is C14H24O3. The van der Waals surface area contributed by atoms with Crippen molar-refractivity contribution >= 4 is 5.97 Å². The summed E-state index contributed by atoms with van der Waals surface area (Å²) in [7, 11) is 0. The highest BCUT2D eigenvalue weighted by atomic mass is 16.5. The summed E-state index contributed by atoms with van der Waals surface area (Å²) in [6.45, 7) is 9.60. The minimum atomic E-state index is -0.432. The van der Waals surface area contributed by atoms with E-state index in [4.69, 9.17) is 4.74 Å². The second kappa shape index (κ2) is 7.28. The molecule has 17 heavy (non-hydrogen) atoms. The Balaban J connectivity index is 4.62. The van der Waals surface area contributed by atoms with Gasteiger partial charge in [-0.25, -0.2) is 4.79 Å². The highest BCUT2D eigenvalue weighted by molar-refractivity contribution is 5.82. The molecule has 0 spiro atoms. The number of ether oxygens (including phenoxy) is 1. The van der Waals surface area contributed by atoms with E-state index < -0.39 is 5.41 Å². The Morgan fingerprint density at radius 3 is 2.35 bits per heavy atom. The minimum Gasteiger partial charge on any atom is -0.458 e. The normalized spacial score (nSPS) is 14.8. The van der Waals surface area contributed by atoms with Crippen molar-refractivity contribution in [3.8, 4) is 0 Å². The van der Waals surface area contributed by atoms with Gasteiger partial charge in [-0.2, -0.15) is 0 Å². The molecule has 0 amide bonds. The Labute approximate surface area is 104 Å². The van der Waals surface area contributed by atoms with Gasteiger partial charge < -0.3 is 9.84 Å². The van der Waals surface area contributed by atoms with Crippen molar-refractivity contribution in [3.63, 3.8) is 0 Å². The molecule has 0 aliphatic heterocycles. The molecule has 3 nitrogen and oxygen atoms in total. The zero-order valence-corrected chi connectivity index (χ0v) is 11.4. The number of aliphatic hydroxyl groups is 1. The summed E-state index contributed by atoms with van der Waals surface area (Å²) in [4.78, 5) is 11.6. The number of hydrogen-bond donors (Lipinski definition) is 1. The summed E-state index contributed by atoms with van der Waals surface area (Å²) in [6.07, 6.45) is 6.34. The first-order valence-corrected chi connectivity index (χ1v) is 5.96. The first-order chi connectivity index (χ1) is 7.85. The average molecular weight is 240 g/mol. The summed E-state index contributed by atoms with van der Waals surface area (Å²) < 4.78 is 5.39. The van der Waals surface area contributed by atoms with Crippen LogP contribution in [0.2, 0.25) is 0 Å². The summed E-state index contributed by atoms with van der Waals surface area (Å²) in [5, 5.41) is 9.32. The lowest BCUT2D eigenvalue weighted by Gasteiger charge is -2.34. The molecule has 0 radical (unpaired) electrons. The van der Waals surface area contributed by atoms with Gasteiger partial charge in [0, 0.05) is 11.5 Å². The van der Waals surface area contributed by atoms with Crippen molar-refractivity contribution in [2.24, 2.45) is 11.3 Å². The summed E-state index contributed by atoms with van der Waals surface area (Å²) >= 11 is 0. The van der Waals surface area contributed by atoms with E-state index in [9.17, 15) is 9.90 Å². The molecule has 0 saturated heterocycles. The van der Waals surface area contributed by atoms with E-state index in [1.807, 2.05) is 40.7 Å². The molecule has 0 fully saturated rings. The van der Waals surface area contributed by atoms with Crippen molar-refractivity contribution in [3.05, 3.63) is 24.3 Å². The first-order valence-electron chi connectivity index (χ1n) is 5.96. The van der Waals surface area contributed by atoms with Gasteiger partial charge in [-0.1, -0.05) is 45.9 Å². The highest BCUT2D eigenvalue weighted by Crippen LogP contribution is 2.28. The number of rotatable bonds is 6. The topological polar surface area (TPSA) is 46.5 Å². The summed E-state index contributed by atoms with van der Waals surface area (Å²) in [5.74, 6) is -0.209. The van der Waals surface area contributed by atoms with Gasteiger partial charge in [-0.3, -0.25) is 0 Å². The molecule has 3 heteroatoms. The van der Waals surface area contributed by atoms with Crippen LogP contribution >= 0.6 is 0 Å². The van der Waals surface area contributed by atoms with Crippen LogP contribution in [0.4, 0.5) is 0 Å². The van der Waals surface area contributed by atoms with E-state index in [1.54, 1.807) is 12.2 Å². The third-order valence-corrected chi connectivity index (χ3v) is 2.56. The fraction of sp³-hybridized carbons (Fsp3) is 0.643. The average Bonchev–Trinajstić information content (AvgIpc) is 2.25. The van der Waals surface area contributed by atoms with Crippen LogP contribution in [-0.2, 0) is 9.53 Å². The van der Waals surface area contributed by atoms with Gasteiger partial charge in [0.15, 0.2) is 0 Å². The zero-order valence-electron chi connectivity index (χ0n) is 11.4. The van der Waals surface area contributed by atoms with Crippen molar-refractivity contribution < 1.29 is 14.6 Å². The second-order valence-electron chi connectivity index (χ2n) is 5.13. The number of aliphatic hydroxyl groups excluding tert-OH is 1. The van der Waals surface area contributed by atoms with Crippen molar-refractivity contribution in [1.29, 1.82) is 0 Å². The Kier molecular flexibility index (Phi) is 6.81. The summed E-state index contributed by atoms with van der Waals surface area (Å²) in [5.41, 5.74) is -0.432. The Morgan fingerprint density at radius 2 is 1.94 bits per heavy atom. The molecule has 0 aromatic heterocycles. The van der Waals surface area contributed by atoms with Gasteiger partial charge in [-0.05, 0) is 12.8 Å². The van der Waals surface area contributed by atoms with Crippen LogP contribution in [0.25, 0.3) is 0 Å². The van der Waals surface area contributed by atoms with E-state index in [0.717, 1.165) is 0 Å². The molecule has 1 unspecified atom stereocenters.